The molecule has 3 heteroatoms. The molecule has 0 nitrogen and oxygen atoms in total. The average molecular weight is 267 g/mol. The maximum atomic E-state index is 12.7. The van der Waals surface area contributed by atoms with Crippen molar-refractivity contribution in [2.45, 2.75) is 0 Å². The molecule has 0 aliphatic heterocycles. The maximum Gasteiger partial charge on any atom is 0.123 e. The summed E-state index contributed by atoms with van der Waals surface area (Å²) in [5, 5.41) is 1.20. The summed E-state index contributed by atoms with van der Waals surface area (Å²) in [6.45, 7) is 0. The summed E-state index contributed by atoms with van der Waals surface area (Å²) >= 11 is 11.8. The lowest BCUT2D eigenvalue weighted by Crippen LogP contribution is -1.77. The van der Waals surface area contributed by atoms with E-state index in [-0.39, 0.29) is 5.82 Å². The van der Waals surface area contributed by atoms with Gasteiger partial charge in [0, 0.05) is 10.0 Å². The zero-order valence-electron chi connectivity index (χ0n) is 8.83. The number of hydrogen-bond acceptors (Lipinski definition) is 0. The highest BCUT2D eigenvalue weighted by Crippen LogP contribution is 2.22. The van der Waals surface area contributed by atoms with Gasteiger partial charge in [0.2, 0.25) is 0 Å². The first-order valence-corrected chi connectivity index (χ1v) is 5.79. The minimum absolute atomic E-state index is 0.244. The Labute approximate surface area is 109 Å². The molecule has 0 aromatic heterocycles. The molecule has 2 rings (SSSR count). The van der Waals surface area contributed by atoms with Crippen LogP contribution in [0.2, 0.25) is 10.0 Å². The molecular formula is C14H9Cl2F. The van der Waals surface area contributed by atoms with Gasteiger partial charge in [-0.2, -0.15) is 0 Å². The smallest absolute Gasteiger partial charge is 0.123 e. The van der Waals surface area contributed by atoms with Crippen LogP contribution < -0.4 is 0 Å². The Bertz CT molecular complexity index is 545. The summed E-state index contributed by atoms with van der Waals surface area (Å²) in [5.41, 5.74) is 1.79. The molecule has 0 spiro atoms. The van der Waals surface area contributed by atoms with Crippen molar-refractivity contribution in [2.75, 3.05) is 0 Å². The summed E-state index contributed by atoms with van der Waals surface area (Å²) in [6.07, 6.45) is 3.74. The third-order valence-electron chi connectivity index (χ3n) is 2.29. The number of halogens is 3. The normalized spacial score (nSPS) is 11.0. The molecule has 2 aromatic carbocycles. The molecule has 0 aliphatic rings. The van der Waals surface area contributed by atoms with Crippen LogP contribution in [0.3, 0.4) is 0 Å². The van der Waals surface area contributed by atoms with E-state index in [1.54, 1.807) is 24.3 Å². The summed E-state index contributed by atoms with van der Waals surface area (Å²) in [6, 6.07) is 11.5. The third kappa shape index (κ3) is 3.32. The first-order valence-electron chi connectivity index (χ1n) is 5.04. The van der Waals surface area contributed by atoms with Gasteiger partial charge < -0.3 is 0 Å². The van der Waals surface area contributed by atoms with E-state index in [1.165, 1.54) is 12.1 Å². The highest BCUT2D eigenvalue weighted by Gasteiger charge is 1.97. The van der Waals surface area contributed by atoms with Crippen LogP contribution in [-0.4, -0.2) is 0 Å². The molecule has 0 unspecified atom stereocenters. The van der Waals surface area contributed by atoms with Gasteiger partial charge in [-0.1, -0.05) is 53.6 Å². The van der Waals surface area contributed by atoms with Gasteiger partial charge in [0.1, 0.15) is 5.82 Å². The van der Waals surface area contributed by atoms with Crippen LogP contribution in [0.15, 0.2) is 42.5 Å². The summed E-state index contributed by atoms with van der Waals surface area (Å²) in [7, 11) is 0. The quantitative estimate of drug-likeness (QED) is 0.647. The van der Waals surface area contributed by atoms with Crippen LogP contribution in [0.5, 0.6) is 0 Å². The van der Waals surface area contributed by atoms with E-state index in [2.05, 4.69) is 0 Å². The van der Waals surface area contributed by atoms with Crippen LogP contribution in [0.1, 0.15) is 11.1 Å². The van der Waals surface area contributed by atoms with Gasteiger partial charge in [0.25, 0.3) is 0 Å². The molecule has 0 heterocycles. The van der Waals surface area contributed by atoms with Gasteiger partial charge >= 0.3 is 0 Å². The Morgan fingerprint density at radius 3 is 2.24 bits per heavy atom. The fraction of sp³-hybridized carbons (Fsp3) is 0. The van der Waals surface area contributed by atoms with Gasteiger partial charge in [0.05, 0.1) is 0 Å². The van der Waals surface area contributed by atoms with Gasteiger partial charge in [-0.25, -0.2) is 4.39 Å². The van der Waals surface area contributed by atoms with Crippen molar-refractivity contribution in [3.63, 3.8) is 0 Å². The zero-order chi connectivity index (χ0) is 12.3. The largest absolute Gasteiger partial charge is 0.207 e. The van der Waals surface area contributed by atoms with E-state index in [9.17, 15) is 4.39 Å². The Hall–Kier alpha value is -1.31. The van der Waals surface area contributed by atoms with Crippen molar-refractivity contribution >= 4 is 35.4 Å². The van der Waals surface area contributed by atoms with E-state index in [1.807, 2.05) is 18.2 Å². The number of hydrogen-bond donors (Lipinski definition) is 0. The van der Waals surface area contributed by atoms with Crippen LogP contribution in [0.25, 0.3) is 12.2 Å². The van der Waals surface area contributed by atoms with Crippen molar-refractivity contribution in [1.82, 2.24) is 0 Å². The van der Waals surface area contributed by atoms with Crippen molar-refractivity contribution in [3.8, 4) is 0 Å². The summed E-state index contributed by atoms with van der Waals surface area (Å²) < 4.78 is 12.7. The molecule has 0 amide bonds. The Morgan fingerprint density at radius 2 is 1.59 bits per heavy atom. The second kappa shape index (κ2) is 5.35. The Balaban J connectivity index is 2.23. The number of benzene rings is 2. The molecule has 0 fully saturated rings. The summed E-state index contributed by atoms with van der Waals surface area (Å²) in [4.78, 5) is 0. The van der Waals surface area contributed by atoms with E-state index < -0.39 is 0 Å². The molecule has 0 bridgehead atoms. The topological polar surface area (TPSA) is 0 Å². The Kier molecular flexibility index (Phi) is 3.82. The Morgan fingerprint density at radius 1 is 0.882 bits per heavy atom. The van der Waals surface area contributed by atoms with Gasteiger partial charge in [-0.15, -0.1) is 0 Å². The molecule has 0 saturated carbocycles. The van der Waals surface area contributed by atoms with Crippen molar-refractivity contribution in [2.24, 2.45) is 0 Å². The van der Waals surface area contributed by atoms with E-state index in [0.29, 0.717) is 10.0 Å². The van der Waals surface area contributed by atoms with Crippen LogP contribution in [0, 0.1) is 5.82 Å². The van der Waals surface area contributed by atoms with Crippen LogP contribution >= 0.6 is 23.2 Å². The molecule has 17 heavy (non-hydrogen) atoms. The molecule has 0 atom stereocenters. The van der Waals surface area contributed by atoms with E-state index in [0.717, 1.165) is 11.1 Å². The minimum atomic E-state index is -0.244. The molecule has 2 aromatic rings. The minimum Gasteiger partial charge on any atom is -0.207 e. The maximum absolute atomic E-state index is 12.7. The molecule has 0 saturated heterocycles. The summed E-state index contributed by atoms with van der Waals surface area (Å²) in [5.74, 6) is -0.244. The molecule has 86 valence electrons. The highest BCUT2D eigenvalue weighted by atomic mass is 35.5. The fourth-order valence-corrected chi connectivity index (χ4v) is 1.87. The molecule has 0 radical (unpaired) electrons. The van der Waals surface area contributed by atoms with Crippen molar-refractivity contribution in [3.05, 3.63) is 69.5 Å². The van der Waals surface area contributed by atoms with Gasteiger partial charge in [-0.05, 0) is 35.4 Å². The lowest BCUT2D eigenvalue weighted by molar-refractivity contribution is 0.628. The second-order valence-electron chi connectivity index (χ2n) is 3.55. The highest BCUT2D eigenvalue weighted by molar-refractivity contribution is 6.35. The zero-order valence-corrected chi connectivity index (χ0v) is 10.3. The average Bonchev–Trinajstić information content (AvgIpc) is 2.30. The molecular weight excluding hydrogens is 258 g/mol. The molecule has 0 aliphatic carbocycles. The first kappa shape index (κ1) is 12.2. The lowest BCUT2D eigenvalue weighted by Gasteiger charge is -1.99. The van der Waals surface area contributed by atoms with Crippen LogP contribution in [0.4, 0.5) is 4.39 Å². The monoisotopic (exact) mass is 266 g/mol. The van der Waals surface area contributed by atoms with E-state index in [4.69, 9.17) is 23.2 Å². The predicted octanol–water partition coefficient (Wildman–Crippen LogP) is 5.30. The first-order chi connectivity index (χ1) is 8.15. The van der Waals surface area contributed by atoms with E-state index >= 15 is 0 Å². The number of rotatable bonds is 2. The van der Waals surface area contributed by atoms with Crippen molar-refractivity contribution < 1.29 is 4.39 Å². The van der Waals surface area contributed by atoms with Gasteiger partial charge in [-0.3, -0.25) is 0 Å². The molecule has 0 N–H and O–H groups in total. The standard InChI is InChI=1S/C14H9Cl2F/c15-12-6-5-11(14(16)9-12)4-1-10-2-7-13(17)8-3-10/h1-9H/b4-1+. The SMILES string of the molecule is Fc1ccc(/C=C/c2ccc(Cl)cc2Cl)cc1. The van der Waals surface area contributed by atoms with Gasteiger partial charge in [0.15, 0.2) is 0 Å². The predicted molar refractivity (Wildman–Crippen MR) is 71.8 cm³/mol. The third-order valence-corrected chi connectivity index (χ3v) is 2.85. The van der Waals surface area contributed by atoms with Crippen LogP contribution in [-0.2, 0) is 0 Å². The van der Waals surface area contributed by atoms with Crippen molar-refractivity contribution in [1.29, 1.82) is 0 Å². The lowest BCUT2D eigenvalue weighted by atomic mass is 10.1. The fourth-order valence-electron chi connectivity index (χ4n) is 1.40. The second-order valence-corrected chi connectivity index (χ2v) is 4.39.